The van der Waals surface area contributed by atoms with Gasteiger partial charge in [0.25, 0.3) is 0 Å². The van der Waals surface area contributed by atoms with Gasteiger partial charge in [-0.2, -0.15) is 4.31 Å². The first-order valence-corrected chi connectivity index (χ1v) is 12.2. The number of carbonyl (C=O) groups excluding carboxylic acids is 2. The Morgan fingerprint density at radius 3 is 2.50 bits per heavy atom. The molecule has 1 aromatic carbocycles. The average molecular weight is 463 g/mol. The van der Waals surface area contributed by atoms with Gasteiger partial charge in [0.1, 0.15) is 5.69 Å². The number of hydrogen-bond acceptors (Lipinski definition) is 6. The van der Waals surface area contributed by atoms with Gasteiger partial charge >= 0.3 is 5.97 Å². The number of ketones is 1. The standard InChI is InChI=1S/C23H30N2O6S/c1-5-30-23(27)22-16(2)21(17(3)24(22)4)20(26)15-25(14-18-10-9-13-31-18)32(28,29)19-11-7-6-8-12-19/h6-8,11-12,18H,5,9-10,13-15H2,1-4H3. The molecular weight excluding hydrogens is 432 g/mol. The largest absolute Gasteiger partial charge is 0.461 e. The van der Waals surface area contributed by atoms with E-state index in [1.807, 2.05) is 0 Å². The number of benzene rings is 1. The van der Waals surface area contributed by atoms with Gasteiger partial charge in [-0.05, 0) is 51.3 Å². The monoisotopic (exact) mass is 462 g/mol. The van der Waals surface area contributed by atoms with Gasteiger partial charge in [0.15, 0.2) is 5.78 Å². The van der Waals surface area contributed by atoms with Gasteiger partial charge in [0.2, 0.25) is 10.0 Å². The lowest BCUT2D eigenvalue weighted by Gasteiger charge is -2.24. The number of ether oxygens (including phenoxy) is 2. The summed E-state index contributed by atoms with van der Waals surface area (Å²) in [5.41, 5.74) is 1.72. The molecule has 1 unspecified atom stereocenters. The summed E-state index contributed by atoms with van der Waals surface area (Å²) in [6.07, 6.45) is 1.35. The molecule has 0 spiro atoms. The van der Waals surface area contributed by atoms with Gasteiger partial charge < -0.3 is 14.0 Å². The summed E-state index contributed by atoms with van der Waals surface area (Å²) in [4.78, 5) is 25.9. The van der Waals surface area contributed by atoms with Crippen molar-refractivity contribution in [2.45, 2.75) is 44.6 Å². The van der Waals surface area contributed by atoms with Crippen LogP contribution in [0.1, 0.15) is 51.9 Å². The molecule has 0 N–H and O–H groups in total. The van der Waals surface area contributed by atoms with Crippen molar-refractivity contribution < 1.29 is 27.5 Å². The van der Waals surface area contributed by atoms with E-state index in [1.54, 1.807) is 50.6 Å². The molecule has 1 aromatic heterocycles. The first-order chi connectivity index (χ1) is 15.2. The van der Waals surface area contributed by atoms with Crippen LogP contribution in [-0.2, 0) is 26.5 Å². The highest BCUT2D eigenvalue weighted by Crippen LogP contribution is 2.25. The molecule has 0 saturated carbocycles. The fourth-order valence-corrected chi connectivity index (χ4v) is 5.57. The highest BCUT2D eigenvalue weighted by molar-refractivity contribution is 7.89. The summed E-state index contributed by atoms with van der Waals surface area (Å²) < 4.78 is 40.3. The molecule has 8 nitrogen and oxygen atoms in total. The van der Waals surface area contributed by atoms with Crippen LogP contribution in [0.15, 0.2) is 35.2 Å². The molecule has 32 heavy (non-hydrogen) atoms. The van der Waals surface area contributed by atoms with Crippen molar-refractivity contribution >= 4 is 21.8 Å². The summed E-state index contributed by atoms with van der Waals surface area (Å²) in [6.45, 7) is 5.69. The van der Waals surface area contributed by atoms with Crippen LogP contribution in [-0.4, -0.2) is 61.4 Å². The second-order valence-electron chi connectivity index (χ2n) is 7.88. The van der Waals surface area contributed by atoms with Crippen molar-refractivity contribution in [1.82, 2.24) is 8.87 Å². The minimum Gasteiger partial charge on any atom is -0.461 e. The van der Waals surface area contributed by atoms with Gasteiger partial charge in [-0.3, -0.25) is 4.79 Å². The highest BCUT2D eigenvalue weighted by atomic mass is 32.2. The summed E-state index contributed by atoms with van der Waals surface area (Å²) in [7, 11) is -2.22. The number of carbonyl (C=O) groups is 2. The van der Waals surface area contributed by atoms with Crippen LogP contribution in [0, 0.1) is 13.8 Å². The number of rotatable bonds is 9. The van der Waals surface area contributed by atoms with E-state index in [4.69, 9.17) is 9.47 Å². The van der Waals surface area contributed by atoms with Crippen molar-refractivity contribution in [3.8, 4) is 0 Å². The first kappa shape index (κ1) is 24.2. The van der Waals surface area contributed by atoms with Gasteiger partial charge in [-0.15, -0.1) is 0 Å². The molecule has 0 aliphatic carbocycles. The molecule has 1 fully saturated rings. The highest BCUT2D eigenvalue weighted by Gasteiger charge is 2.33. The normalized spacial score (nSPS) is 16.5. The smallest absolute Gasteiger partial charge is 0.355 e. The van der Waals surface area contributed by atoms with E-state index >= 15 is 0 Å². The number of aromatic nitrogens is 1. The zero-order valence-corrected chi connectivity index (χ0v) is 19.8. The van der Waals surface area contributed by atoms with Crippen LogP contribution in [0.25, 0.3) is 0 Å². The average Bonchev–Trinajstić information content (AvgIpc) is 3.34. The number of sulfonamides is 1. The maximum Gasteiger partial charge on any atom is 0.355 e. The van der Waals surface area contributed by atoms with E-state index in [1.165, 1.54) is 16.4 Å². The SMILES string of the molecule is CCOC(=O)c1c(C)c(C(=O)CN(CC2CCCO2)S(=O)(=O)c2ccccc2)c(C)n1C. The van der Waals surface area contributed by atoms with E-state index in [0.29, 0.717) is 29.1 Å². The Balaban J connectivity index is 1.95. The van der Waals surface area contributed by atoms with E-state index < -0.39 is 16.0 Å². The van der Waals surface area contributed by atoms with Crippen molar-refractivity contribution in [3.05, 3.63) is 52.8 Å². The van der Waals surface area contributed by atoms with E-state index in [-0.39, 0.29) is 36.5 Å². The molecule has 0 radical (unpaired) electrons. The number of esters is 1. The number of hydrogen-bond donors (Lipinski definition) is 0. The molecule has 1 aliphatic rings. The Bertz CT molecular complexity index is 1090. The summed E-state index contributed by atoms with van der Waals surface area (Å²) in [5, 5.41) is 0. The maximum atomic E-state index is 13.4. The van der Waals surface area contributed by atoms with E-state index in [2.05, 4.69) is 0 Å². The van der Waals surface area contributed by atoms with E-state index in [9.17, 15) is 18.0 Å². The molecular formula is C23H30N2O6S. The second-order valence-corrected chi connectivity index (χ2v) is 9.82. The van der Waals surface area contributed by atoms with Crippen LogP contribution in [0.5, 0.6) is 0 Å². The van der Waals surface area contributed by atoms with Gasteiger partial charge in [-0.25, -0.2) is 13.2 Å². The zero-order chi connectivity index (χ0) is 23.5. The van der Waals surface area contributed by atoms with Crippen molar-refractivity contribution in [3.63, 3.8) is 0 Å². The molecule has 174 valence electrons. The number of nitrogens with zero attached hydrogens (tertiary/aromatic N) is 2. The third kappa shape index (κ3) is 4.79. The van der Waals surface area contributed by atoms with Crippen LogP contribution in [0.3, 0.4) is 0 Å². The predicted octanol–water partition coefficient (Wildman–Crippen LogP) is 2.87. The van der Waals surface area contributed by atoms with Crippen molar-refractivity contribution in [1.29, 1.82) is 0 Å². The molecule has 1 atom stereocenters. The Morgan fingerprint density at radius 1 is 1.22 bits per heavy atom. The molecule has 2 heterocycles. The van der Waals surface area contributed by atoms with Crippen molar-refractivity contribution in [2.24, 2.45) is 7.05 Å². The topological polar surface area (TPSA) is 94.9 Å². The first-order valence-electron chi connectivity index (χ1n) is 10.7. The van der Waals surface area contributed by atoms with Crippen molar-refractivity contribution in [2.75, 3.05) is 26.3 Å². The van der Waals surface area contributed by atoms with Crippen LogP contribution >= 0.6 is 0 Å². The predicted molar refractivity (Wildman–Crippen MR) is 119 cm³/mol. The van der Waals surface area contributed by atoms with Crippen LogP contribution < -0.4 is 0 Å². The van der Waals surface area contributed by atoms with E-state index in [0.717, 1.165) is 12.8 Å². The maximum absolute atomic E-state index is 13.4. The summed E-state index contributed by atoms with van der Waals surface area (Å²) >= 11 is 0. The molecule has 1 saturated heterocycles. The Kier molecular flexibility index (Phi) is 7.53. The molecule has 2 aromatic rings. The minimum absolute atomic E-state index is 0.0959. The second kappa shape index (κ2) is 9.97. The Hall–Kier alpha value is -2.49. The van der Waals surface area contributed by atoms with Crippen LogP contribution in [0.2, 0.25) is 0 Å². The lowest BCUT2D eigenvalue weighted by molar-refractivity contribution is 0.0514. The lowest BCUT2D eigenvalue weighted by Crippen LogP contribution is -2.40. The molecule has 3 rings (SSSR count). The summed E-state index contributed by atoms with van der Waals surface area (Å²) in [6, 6.07) is 8.06. The fourth-order valence-electron chi connectivity index (χ4n) is 4.12. The molecule has 0 bridgehead atoms. The third-order valence-electron chi connectivity index (χ3n) is 5.81. The van der Waals surface area contributed by atoms with Gasteiger partial charge in [0.05, 0.1) is 24.2 Å². The molecule has 1 aliphatic heterocycles. The number of Topliss-reactive ketones (excluding diaryl/α,β-unsaturated/α-hetero) is 1. The quantitative estimate of drug-likeness (QED) is 0.420. The van der Waals surface area contributed by atoms with Gasteiger partial charge in [0, 0.05) is 31.5 Å². The molecule has 0 amide bonds. The minimum atomic E-state index is -3.91. The lowest BCUT2D eigenvalue weighted by atomic mass is 10.1. The van der Waals surface area contributed by atoms with Gasteiger partial charge in [-0.1, -0.05) is 18.2 Å². The fraction of sp³-hybridized carbons (Fsp3) is 0.478. The molecule has 9 heteroatoms. The Morgan fingerprint density at radius 2 is 1.91 bits per heavy atom. The Labute approximate surface area is 189 Å². The summed E-state index contributed by atoms with van der Waals surface area (Å²) in [5.74, 6) is -0.883. The third-order valence-corrected chi connectivity index (χ3v) is 7.64. The zero-order valence-electron chi connectivity index (χ0n) is 19.0. The van der Waals surface area contributed by atoms with Crippen LogP contribution in [0.4, 0.5) is 0 Å².